The molecule has 0 aromatic heterocycles. The van der Waals surface area contributed by atoms with E-state index in [4.69, 9.17) is 9.05 Å². The van der Waals surface area contributed by atoms with Crippen LogP contribution < -0.4 is 9.05 Å². The number of benzene rings is 2. The van der Waals surface area contributed by atoms with E-state index in [1.54, 1.807) is 0 Å². The monoisotopic (exact) mass is 416 g/mol. The molecule has 2 aromatic carbocycles. The van der Waals surface area contributed by atoms with Crippen molar-refractivity contribution in [3.63, 3.8) is 0 Å². The molecule has 0 aliphatic heterocycles. The summed E-state index contributed by atoms with van der Waals surface area (Å²) >= 11 is 0. The van der Waals surface area contributed by atoms with Crippen LogP contribution in [0.25, 0.3) is 0 Å². The fraction of sp³-hybridized carbons (Fsp3) is 0.520. The SMILES string of the molecule is CCCCCCCCCCCCCc1ccccc1OP(O)Oc1ccccc1. The molecule has 0 saturated heterocycles. The highest BCUT2D eigenvalue weighted by Crippen LogP contribution is 2.38. The van der Waals surface area contributed by atoms with Crippen molar-refractivity contribution in [2.24, 2.45) is 0 Å². The highest BCUT2D eigenvalue weighted by Gasteiger charge is 2.13. The van der Waals surface area contributed by atoms with Gasteiger partial charge in [0.25, 0.3) is 0 Å². The van der Waals surface area contributed by atoms with E-state index in [0.717, 1.165) is 24.2 Å². The van der Waals surface area contributed by atoms with Crippen molar-refractivity contribution < 1.29 is 13.9 Å². The third-order valence-corrected chi connectivity index (χ3v) is 5.85. The molecule has 4 heteroatoms. The summed E-state index contributed by atoms with van der Waals surface area (Å²) in [6.07, 6.45) is 15.7. The molecule has 2 aromatic rings. The zero-order chi connectivity index (χ0) is 20.6. The van der Waals surface area contributed by atoms with Gasteiger partial charge in [0, 0.05) is 0 Å². The Balaban J connectivity index is 1.61. The first kappa shape index (κ1) is 23.7. The lowest BCUT2D eigenvalue weighted by Crippen LogP contribution is -1.97. The molecule has 0 aliphatic rings. The average molecular weight is 417 g/mol. The molecule has 0 aliphatic carbocycles. The van der Waals surface area contributed by atoms with Crippen LogP contribution in [0.5, 0.6) is 11.5 Å². The molecule has 0 radical (unpaired) electrons. The number of hydrogen-bond donors (Lipinski definition) is 1. The number of rotatable bonds is 16. The van der Waals surface area contributed by atoms with Crippen LogP contribution >= 0.6 is 8.60 Å². The van der Waals surface area contributed by atoms with Crippen LogP contribution in [0.1, 0.15) is 83.1 Å². The highest BCUT2D eigenvalue weighted by atomic mass is 31.2. The summed E-state index contributed by atoms with van der Waals surface area (Å²) in [4.78, 5) is 10.2. The van der Waals surface area contributed by atoms with Crippen LogP contribution in [0, 0.1) is 0 Å². The van der Waals surface area contributed by atoms with Crippen molar-refractivity contribution in [1.29, 1.82) is 0 Å². The van der Waals surface area contributed by atoms with Gasteiger partial charge in [-0.1, -0.05) is 108 Å². The van der Waals surface area contributed by atoms with Gasteiger partial charge in [0.1, 0.15) is 11.5 Å². The van der Waals surface area contributed by atoms with Crippen LogP contribution in [0.4, 0.5) is 0 Å². The molecule has 1 atom stereocenters. The van der Waals surface area contributed by atoms with Gasteiger partial charge in [-0.25, -0.2) is 0 Å². The molecule has 2 rings (SSSR count). The molecule has 0 amide bonds. The van der Waals surface area contributed by atoms with Crippen molar-refractivity contribution in [3.8, 4) is 11.5 Å². The van der Waals surface area contributed by atoms with Gasteiger partial charge < -0.3 is 13.9 Å². The Hall–Kier alpha value is -1.57. The van der Waals surface area contributed by atoms with Gasteiger partial charge in [0.15, 0.2) is 0 Å². The molecule has 0 saturated carbocycles. The summed E-state index contributed by atoms with van der Waals surface area (Å²) in [6.45, 7) is 2.27. The number of hydrogen-bond acceptors (Lipinski definition) is 3. The first-order valence-corrected chi connectivity index (χ1v) is 12.4. The average Bonchev–Trinajstić information content (AvgIpc) is 2.74. The van der Waals surface area contributed by atoms with Crippen LogP contribution in [-0.4, -0.2) is 4.89 Å². The standard InChI is InChI=1S/C25H37O3P/c1-2-3-4-5-6-7-8-9-10-11-13-18-23-19-16-17-22-25(23)28-29(26)27-24-20-14-12-15-21-24/h12,14-17,19-22,26H,2-11,13,18H2,1H3. The topological polar surface area (TPSA) is 38.7 Å². The minimum atomic E-state index is -1.98. The third kappa shape index (κ3) is 10.7. The van der Waals surface area contributed by atoms with E-state index in [0.29, 0.717) is 5.75 Å². The smallest absolute Gasteiger partial charge is 0.418 e. The van der Waals surface area contributed by atoms with Crippen molar-refractivity contribution in [3.05, 3.63) is 60.2 Å². The van der Waals surface area contributed by atoms with Crippen molar-refractivity contribution in [1.82, 2.24) is 0 Å². The summed E-state index contributed by atoms with van der Waals surface area (Å²) in [7, 11) is -1.98. The van der Waals surface area contributed by atoms with Crippen LogP contribution in [0.15, 0.2) is 54.6 Å². The molecule has 160 valence electrons. The molecular weight excluding hydrogens is 379 g/mol. The molecule has 0 spiro atoms. The van der Waals surface area contributed by atoms with Crippen LogP contribution in [0.3, 0.4) is 0 Å². The minimum absolute atomic E-state index is 0.615. The predicted octanol–water partition coefficient (Wildman–Crippen LogP) is 8.22. The number of aryl methyl sites for hydroxylation is 1. The second kappa shape index (κ2) is 15.3. The van der Waals surface area contributed by atoms with Gasteiger partial charge in [-0.3, -0.25) is 0 Å². The molecule has 0 bridgehead atoms. The third-order valence-electron chi connectivity index (χ3n) is 5.13. The molecule has 29 heavy (non-hydrogen) atoms. The Morgan fingerprint density at radius 1 is 0.655 bits per heavy atom. The summed E-state index contributed by atoms with van der Waals surface area (Å²) in [5.74, 6) is 1.34. The molecular formula is C25H37O3P. The zero-order valence-corrected chi connectivity index (χ0v) is 18.8. The van der Waals surface area contributed by atoms with Gasteiger partial charge in [0.2, 0.25) is 0 Å². The van der Waals surface area contributed by atoms with E-state index in [1.807, 2.05) is 48.5 Å². The largest absolute Gasteiger partial charge is 0.460 e. The lowest BCUT2D eigenvalue weighted by Gasteiger charge is -2.15. The summed E-state index contributed by atoms with van der Waals surface area (Å²) < 4.78 is 11.2. The number of para-hydroxylation sites is 2. The Morgan fingerprint density at radius 3 is 1.86 bits per heavy atom. The summed E-state index contributed by atoms with van der Waals surface area (Å²) in [5, 5.41) is 0. The maximum absolute atomic E-state index is 10.2. The summed E-state index contributed by atoms with van der Waals surface area (Å²) in [6, 6.07) is 17.2. The lowest BCUT2D eigenvalue weighted by atomic mass is 10.0. The van der Waals surface area contributed by atoms with Gasteiger partial charge in [-0.05, 0) is 36.6 Å². The van der Waals surface area contributed by atoms with E-state index < -0.39 is 8.60 Å². The quantitative estimate of drug-likeness (QED) is 0.221. The Kier molecular flexibility index (Phi) is 12.5. The van der Waals surface area contributed by atoms with Crippen molar-refractivity contribution in [2.75, 3.05) is 0 Å². The molecule has 0 heterocycles. The fourth-order valence-electron chi connectivity index (χ4n) is 3.45. The normalized spacial score (nSPS) is 11.9. The molecule has 0 fully saturated rings. The second-order valence-corrected chi connectivity index (χ2v) is 8.47. The highest BCUT2D eigenvalue weighted by molar-refractivity contribution is 7.41. The van der Waals surface area contributed by atoms with Gasteiger partial charge in [-0.15, -0.1) is 0 Å². The Labute approximate surface area is 178 Å². The van der Waals surface area contributed by atoms with Crippen LogP contribution in [-0.2, 0) is 6.42 Å². The van der Waals surface area contributed by atoms with Gasteiger partial charge in [-0.2, -0.15) is 0 Å². The van der Waals surface area contributed by atoms with Gasteiger partial charge >= 0.3 is 8.60 Å². The first-order chi connectivity index (χ1) is 14.3. The zero-order valence-electron chi connectivity index (χ0n) is 17.9. The van der Waals surface area contributed by atoms with E-state index >= 15 is 0 Å². The van der Waals surface area contributed by atoms with E-state index in [-0.39, 0.29) is 0 Å². The van der Waals surface area contributed by atoms with Gasteiger partial charge in [0.05, 0.1) is 0 Å². The minimum Gasteiger partial charge on any atom is -0.418 e. The van der Waals surface area contributed by atoms with E-state index in [1.165, 1.54) is 64.2 Å². The van der Waals surface area contributed by atoms with Crippen molar-refractivity contribution in [2.45, 2.75) is 84.0 Å². The van der Waals surface area contributed by atoms with E-state index in [2.05, 4.69) is 13.0 Å². The lowest BCUT2D eigenvalue weighted by molar-refractivity contribution is 0.379. The number of unbranched alkanes of at least 4 members (excludes halogenated alkanes) is 10. The predicted molar refractivity (Wildman–Crippen MR) is 123 cm³/mol. The molecule has 1 N–H and O–H groups in total. The Bertz CT molecular complexity index is 648. The molecule has 1 unspecified atom stereocenters. The second-order valence-electron chi connectivity index (χ2n) is 7.63. The maximum Gasteiger partial charge on any atom is 0.460 e. The van der Waals surface area contributed by atoms with Crippen LogP contribution in [0.2, 0.25) is 0 Å². The molecule has 3 nitrogen and oxygen atoms in total. The Morgan fingerprint density at radius 2 is 1.21 bits per heavy atom. The van der Waals surface area contributed by atoms with E-state index in [9.17, 15) is 4.89 Å². The van der Waals surface area contributed by atoms with Crippen molar-refractivity contribution >= 4 is 8.60 Å². The summed E-state index contributed by atoms with van der Waals surface area (Å²) in [5.41, 5.74) is 1.14. The first-order valence-electron chi connectivity index (χ1n) is 11.3. The maximum atomic E-state index is 10.2. The fourth-order valence-corrected chi connectivity index (χ4v) is 4.14.